The Bertz CT molecular complexity index is 774. The summed E-state index contributed by atoms with van der Waals surface area (Å²) >= 11 is 0. The third-order valence-electron chi connectivity index (χ3n) is 6.56. The average Bonchev–Trinajstić information content (AvgIpc) is 2.78. The summed E-state index contributed by atoms with van der Waals surface area (Å²) in [5, 5.41) is 12.0. The molecule has 1 aromatic carbocycles. The van der Waals surface area contributed by atoms with Crippen molar-refractivity contribution in [3.8, 4) is 5.75 Å². The Labute approximate surface area is 182 Å². The van der Waals surface area contributed by atoms with Gasteiger partial charge >= 0.3 is 0 Å². The van der Waals surface area contributed by atoms with Crippen LogP contribution in [-0.4, -0.2) is 66.3 Å². The van der Waals surface area contributed by atoms with Gasteiger partial charge in [-0.1, -0.05) is 32.6 Å². The van der Waals surface area contributed by atoms with Crippen LogP contribution in [0, 0.1) is 0 Å². The molecular formula is C25H39N3O2. The predicted octanol–water partition coefficient (Wildman–Crippen LogP) is 4.64. The zero-order chi connectivity index (χ0) is 21.3. The van der Waals surface area contributed by atoms with Crippen molar-refractivity contribution in [2.24, 2.45) is 0 Å². The quantitative estimate of drug-likeness (QED) is 0.544. The third kappa shape index (κ3) is 6.16. The number of likely N-dealkylation sites (tertiary alicyclic amines) is 1. The molecular weight excluding hydrogens is 374 g/mol. The van der Waals surface area contributed by atoms with Gasteiger partial charge in [0.25, 0.3) is 0 Å². The number of rotatable bonds is 11. The number of unbranched alkanes of at least 4 members (excludes halogenated alkanes) is 4. The molecule has 166 valence electrons. The maximum absolute atomic E-state index is 11.0. The molecule has 1 aliphatic rings. The summed E-state index contributed by atoms with van der Waals surface area (Å²) in [6.45, 7) is 6.50. The van der Waals surface area contributed by atoms with E-state index in [4.69, 9.17) is 4.74 Å². The maximum atomic E-state index is 11.0. The number of aromatic nitrogens is 1. The topological polar surface area (TPSA) is 48.8 Å². The van der Waals surface area contributed by atoms with Gasteiger partial charge in [0.15, 0.2) is 0 Å². The molecule has 0 saturated carbocycles. The minimum absolute atomic E-state index is 0.538. The minimum Gasteiger partial charge on any atom is -0.497 e. The largest absolute Gasteiger partial charge is 0.497 e. The number of methoxy groups -OCH3 is 1. The number of nitrogens with zero attached hydrogens (tertiary/aromatic N) is 3. The summed E-state index contributed by atoms with van der Waals surface area (Å²) < 4.78 is 5.37. The highest BCUT2D eigenvalue weighted by atomic mass is 16.5. The molecule has 0 aliphatic carbocycles. The van der Waals surface area contributed by atoms with Crippen LogP contribution in [0.15, 0.2) is 30.5 Å². The van der Waals surface area contributed by atoms with Crippen molar-refractivity contribution in [1.29, 1.82) is 0 Å². The van der Waals surface area contributed by atoms with Gasteiger partial charge in [-0.25, -0.2) is 0 Å². The van der Waals surface area contributed by atoms with Crippen LogP contribution in [0.4, 0.5) is 0 Å². The number of ether oxygens (including phenoxy) is 1. The Morgan fingerprint density at radius 3 is 2.67 bits per heavy atom. The molecule has 0 radical (unpaired) electrons. The van der Waals surface area contributed by atoms with E-state index >= 15 is 0 Å². The Morgan fingerprint density at radius 1 is 1.17 bits per heavy atom. The average molecular weight is 414 g/mol. The minimum atomic E-state index is -0.538. The first kappa shape index (κ1) is 23.0. The van der Waals surface area contributed by atoms with Crippen LogP contribution in [0.1, 0.15) is 63.5 Å². The highest BCUT2D eigenvalue weighted by Gasteiger charge is 2.24. The van der Waals surface area contributed by atoms with Crippen LogP contribution in [0.5, 0.6) is 5.75 Å². The molecule has 1 saturated heterocycles. The van der Waals surface area contributed by atoms with E-state index in [0.717, 1.165) is 22.2 Å². The highest BCUT2D eigenvalue weighted by Crippen LogP contribution is 2.28. The fourth-order valence-corrected chi connectivity index (χ4v) is 4.61. The number of hydrogen-bond donors (Lipinski definition) is 1. The lowest BCUT2D eigenvalue weighted by molar-refractivity contribution is 0.0737. The molecule has 2 aromatic rings. The van der Waals surface area contributed by atoms with Crippen molar-refractivity contribution >= 4 is 10.9 Å². The summed E-state index contributed by atoms with van der Waals surface area (Å²) in [6.07, 6.45) is 10.4. The van der Waals surface area contributed by atoms with Crippen LogP contribution in [0.3, 0.4) is 0 Å². The number of fused-ring (bicyclic) bond motifs is 1. The van der Waals surface area contributed by atoms with Crippen LogP contribution < -0.4 is 4.74 Å². The Balaban J connectivity index is 1.51. The number of benzene rings is 1. The molecule has 1 aliphatic heterocycles. The summed E-state index contributed by atoms with van der Waals surface area (Å²) in [5.41, 5.74) is 1.82. The van der Waals surface area contributed by atoms with Crippen molar-refractivity contribution in [3.63, 3.8) is 0 Å². The first-order valence-corrected chi connectivity index (χ1v) is 11.7. The van der Waals surface area contributed by atoms with Gasteiger partial charge in [0.1, 0.15) is 5.75 Å². The van der Waals surface area contributed by atoms with Crippen molar-refractivity contribution in [2.75, 3.05) is 40.3 Å². The monoisotopic (exact) mass is 413 g/mol. The molecule has 30 heavy (non-hydrogen) atoms. The molecule has 5 heteroatoms. The lowest BCUT2D eigenvalue weighted by atomic mass is 10.00. The zero-order valence-corrected chi connectivity index (χ0v) is 19.0. The molecule has 3 rings (SSSR count). The first-order chi connectivity index (χ1) is 14.6. The van der Waals surface area contributed by atoms with E-state index in [1.807, 2.05) is 24.3 Å². The van der Waals surface area contributed by atoms with Crippen LogP contribution in [0.2, 0.25) is 0 Å². The van der Waals surface area contributed by atoms with Gasteiger partial charge < -0.3 is 19.6 Å². The lowest BCUT2D eigenvalue weighted by Gasteiger charge is -2.37. The number of aliphatic hydroxyl groups excluding tert-OH is 1. The van der Waals surface area contributed by atoms with E-state index in [1.54, 1.807) is 13.3 Å². The summed E-state index contributed by atoms with van der Waals surface area (Å²) in [7, 11) is 3.82. The van der Waals surface area contributed by atoms with Gasteiger partial charge in [-0.3, -0.25) is 4.98 Å². The summed E-state index contributed by atoms with van der Waals surface area (Å²) in [4.78, 5) is 9.40. The van der Waals surface area contributed by atoms with Crippen LogP contribution >= 0.6 is 0 Å². The van der Waals surface area contributed by atoms with Crippen molar-refractivity contribution in [2.45, 2.75) is 64.0 Å². The van der Waals surface area contributed by atoms with Gasteiger partial charge in [0, 0.05) is 24.2 Å². The first-order valence-electron chi connectivity index (χ1n) is 11.7. The van der Waals surface area contributed by atoms with E-state index in [0.29, 0.717) is 12.6 Å². The normalized spacial score (nSPS) is 17.0. The number of likely N-dealkylation sites (N-methyl/N-ethyl adjacent to an activating group) is 1. The fraction of sp³-hybridized carbons (Fsp3) is 0.640. The second-order valence-electron chi connectivity index (χ2n) is 8.73. The molecule has 1 atom stereocenters. The van der Waals surface area contributed by atoms with E-state index in [1.165, 1.54) is 64.6 Å². The van der Waals surface area contributed by atoms with Gasteiger partial charge in [-0.2, -0.15) is 0 Å². The number of hydrogen-bond acceptors (Lipinski definition) is 5. The Morgan fingerprint density at radius 2 is 1.93 bits per heavy atom. The van der Waals surface area contributed by atoms with Crippen molar-refractivity contribution in [1.82, 2.24) is 14.8 Å². The van der Waals surface area contributed by atoms with E-state index in [2.05, 4.69) is 28.8 Å². The van der Waals surface area contributed by atoms with E-state index in [-0.39, 0.29) is 0 Å². The SMILES string of the molecule is CCCCCCCN1CCC(N(C)C[C@H](O)c2ccnc3ccc(OC)cc23)CC1. The van der Waals surface area contributed by atoms with Gasteiger partial charge in [-0.15, -0.1) is 0 Å². The number of aliphatic hydroxyl groups is 1. The Hall–Kier alpha value is -1.69. The van der Waals surface area contributed by atoms with Gasteiger partial charge in [0.05, 0.1) is 18.7 Å². The molecule has 1 N–H and O–H groups in total. The smallest absolute Gasteiger partial charge is 0.119 e. The molecule has 5 nitrogen and oxygen atoms in total. The molecule has 1 fully saturated rings. The molecule has 0 spiro atoms. The second-order valence-corrected chi connectivity index (χ2v) is 8.73. The summed E-state index contributed by atoms with van der Waals surface area (Å²) in [6, 6.07) is 8.31. The summed E-state index contributed by atoms with van der Waals surface area (Å²) in [5.74, 6) is 0.791. The fourth-order valence-electron chi connectivity index (χ4n) is 4.61. The molecule has 0 unspecified atom stereocenters. The van der Waals surface area contributed by atoms with Crippen molar-refractivity contribution in [3.05, 3.63) is 36.0 Å². The van der Waals surface area contributed by atoms with Gasteiger partial charge in [0.2, 0.25) is 0 Å². The Kier molecular flexibility index (Phi) is 8.91. The molecule has 0 bridgehead atoms. The lowest BCUT2D eigenvalue weighted by Crippen LogP contribution is -2.44. The zero-order valence-electron chi connectivity index (χ0n) is 19.0. The standard InChI is InChI=1S/C25H39N3O2/c1-4-5-6-7-8-15-28-16-12-20(13-17-28)27(2)19-25(29)22-11-14-26-24-10-9-21(30-3)18-23(22)24/h9-11,14,18,20,25,29H,4-8,12-13,15-17,19H2,1-3H3/t25-/m0/s1. The van der Waals surface area contributed by atoms with Crippen LogP contribution in [-0.2, 0) is 0 Å². The third-order valence-corrected chi connectivity index (χ3v) is 6.56. The van der Waals surface area contributed by atoms with Crippen molar-refractivity contribution < 1.29 is 9.84 Å². The van der Waals surface area contributed by atoms with E-state index < -0.39 is 6.10 Å². The van der Waals surface area contributed by atoms with E-state index in [9.17, 15) is 5.11 Å². The van der Waals surface area contributed by atoms with Gasteiger partial charge in [-0.05, 0) is 75.8 Å². The molecule has 1 aromatic heterocycles. The number of pyridine rings is 1. The molecule has 0 amide bonds. The number of piperidine rings is 1. The molecule has 2 heterocycles. The predicted molar refractivity (Wildman–Crippen MR) is 124 cm³/mol. The second kappa shape index (κ2) is 11.6. The maximum Gasteiger partial charge on any atom is 0.119 e. The van der Waals surface area contributed by atoms with Crippen LogP contribution in [0.25, 0.3) is 10.9 Å². The highest BCUT2D eigenvalue weighted by molar-refractivity contribution is 5.83.